The number of aryl methyl sites for hydroxylation is 1. The first-order chi connectivity index (χ1) is 12.9. The summed E-state index contributed by atoms with van der Waals surface area (Å²) in [7, 11) is 6.12. The van der Waals surface area contributed by atoms with Crippen molar-refractivity contribution >= 4 is 28.8 Å². The third-order valence-corrected chi connectivity index (χ3v) is 7.01. The fourth-order valence-corrected chi connectivity index (χ4v) is 5.93. The summed E-state index contributed by atoms with van der Waals surface area (Å²) in [6, 6.07) is 4.10. The first kappa shape index (κ1) is 18.9. The molecule has 2 aliphatic heterocycles. The zero-order valence-electron chi connectivity index (χ0n) is 16.1. The Hall–Kier alpha value is -1.41. The number of amides is 1. The molecule has 0 spiro atoms. The summed E-state index contributed by atoms with van der Waals surface area (Å²) >= 11 is 7.76. The van der Waals surface area contributed by atoms with E-state index in [1.807, 2.05) is 22.6 Å². The van der Waals surface area contributed by atoms with Gasteiger partial charge in [0.15, 0.2) is 0 Å². The number of fused-ring (bicyclic) bond motifs is 1. The largest absolute Gasteiger partial charge is 0.336 e. The number of aromatic nitrogens is 2. The molecule has 2 fully saturated rings. The Kier molecular flexibility index (Phi) is 5.05. The molecule has 2 aliphatic rings. The van der Waals surface area contributed by atoms with Crippen molar-refractivity contribution in [3.05, 3.63) is 39.6 Å². The van der Waals surface area contributed by atoms with Crippen molar-refractivity contribution in [1.82, 2.24) is 24.3 Å². The minimum absolute atomic E-state index is 0.0964. The van der Waals surface area contributed by atoms with Gasteiger partial charge in [0.1, 0.15) is 5.69 Å². The van der Waals surface area contributed by atoms with E-state index in [1.54, 1.807) is 23.9 Å². The monoisotopic (exact) mass is 407 g/mol. The molecule has 146 valence electrons. The molecule has 2 aromatic rings. The molecule has 0 aliphatic carbocycles. The molecule has 2 aromatic heterocycles. The Labute approximate surface area is 169 Å². The molecular formula is C19H26ClN5OS. The molecule has 0 N–H and O–H groups in total. The van der Waals surface area contributed by atoms with Crippen LogP contribution in [0, 0.1) is 11.3 Å². The van der Waals surface area contributed by atoms with Gasteiger partial charge in [-0.25, -0.2) is 4.98 Å². The van der Waals surface area contributed by atoms with Crippen LogP contribution < -0.4 is 0 Å². The number of thiophene rings is 1. The van der Waals surface area contributed by atoms with E-state index in [4.69, 9.17) is 11.6 Å². The summed E-state index contributed by atoms with van der Waals surface area (Å²) in [6.45, 7) is 5.60. The normalized spacial score (nSPS) is 25.5. The third-order valence-electron chi connectivity index (χ3n) is 5.79. The van der Waals surface area contributed by atoms with Crippen LogP contribution in [0.15, 0.2) is 24.7 Å². The molecule has 2 atom stereocenters. The Bertz CT molecular complexity index is 834. The van der Waals surface area contributed by atoms with Crippen molar-refractivity contribution in [3.8, 4) is 0 Å². The second-order valence-electron chi connectivity index (χ2n) is 8.25. The molecule has 6 nitrogen and oxygen atoms in total. The lowest BCUT2D eigenvalue weighted by molar-refractivity contribution is 0.0739. The van der Waals surface area contributed by atoms with Gasteiger partial charge in [-0.3, -0.25) is 9.69 Å². The molecule has 2 saturated heterocycles. The maximum atomic E-state index is 13.0. The number of imidazole rings is 1. The minimum Gasteiger partial charge on any atom is -0.336 e. The van der Waals surface area contributed by atoms with E-state index in [9.17, 15) is 4.79 Å². The molecule has 1 amide bonds. The van der Waals surface area contributed by atoms with Crippen LogP contribution in [0.25, 0.3) is 0 Å². The van der Waals surface area contributed by atoms with Crippen molar-refractivity contribution in [2.24, 2.45) is 18.4 Å². The number of hydrogen-bond donors (Lipinski definition) is 0. The third kappa shape index (κ3) is 3.66. The van der Waals surface area contributed by atoms with Crippen molar-refractivity contribution in [2.75, 3.05) is 46.8 Å². The summed E-state index contributed by atoms with van der Waals surface area (Å²) in [5.74, 6) is 0.589. The summed E-state index contributed by atoms with van der Waals surface area (Å²) in [5.41, 5.74) is 0.791. The number of halogens is 1. The number of likely N-dealkylation sites (tertiary alicyclic amines) is 2. The lowest BCUT2D eigenvalue weighted by Crippen LogP contribution is -2.43. The molecule has 8 heteroatoms. The number of carbonyl (C=O) groups excluding carboxylic acids is 1. The van der Waals surface area contributed by atoms with Crippen molar-refractivity contribution in [3.63, 3.8) is 0 Å². The topological polar surface area (TPSA) is 44.6 Å². The van der Waals surface area contributed by atoms with Crippen LogP contribution in [0.5, 0.6) is 0 Å². The average molecular weight is 408 g/mol. The van der Waals surface area contributed by atoms with Gasteiger partial charge in [0.05, 0.1) is 16.9 Å². The van der Waals surface area contributed by atoms with Crippen molar-refractivity contribution < 1.29 is 4.79 Å². The molecule has 4 heterocycles. The molecular weight excluding hydrogens is 382 g/mol. The first-order valence-electron chi connectivity index (χ1n) is 9.23. The van der Waals surface area contributed by atoms with Gasteiger partial charge in [-0.05, 0) is 32.1 Å². The maximum Gasteiger partial charge on any atom is 0.272 e. The molecule has 27 heavy (non-hydrogen) atoms. The van der Waals surface area contributed by atoms with E-state index in [2.05, 4.69) is 34.9 Å². The first-order valence-corrected chi connectivity index (χ1v) is 10.4. The predicted molar refractivity (Wildman–Crippen MR) is 108 cm³/mol. The number of carbonyl (C=O) groups is 1. The fraction of sp³-hybridized carbons (Fsp3) is 0.579. The molecule has 0 aromatic carbocycles. The molecule has 2 unspecified atom stereocenters. The lowest BCUT2D eigenvalue weighted by Gasteiger charge is -2.32. The highest BCUT2D eigenvalue weighted by atomic mass is 35.5. The number of nitrogens with zero attached hydrogens (tertiary/aromatic N) is 5. The quantitative estimate of drug-likeness (QED) is 0.762. The Balaban J connectivity index is 1.50. The SMILES string of the molecule is CN(C)CC12CN(Cc3ccc(Cl)s3)CC1CN(C(=O)c1cncn1C)C2. The number of rotatable bonds is 5. The highest BCUT2D eigenvalue weighted by Gasteiger charge is 2.53. The second-order valence-corrected chi connectivity index (χ2v) is 10.0. The number of hydrogen-bond acceptors (Lipinski definition) is 5. The molecule has 0 bridgehead atoms. The standard InChI is InChI=1S/C19H26ClN5OS/c1-22(2)10-19-11-24(9-15-4-5-17(20)27-15)7-14(19)8-25(12-19)18(26)16-6-21-13-23(16)3/h4-6,13-14H,7-12H2,1-3H3. The van der Waals surface area contributed by atoms with Crippen LogP contribution in [0.4, 0.5) is 0 Å². The molecule has 0 saturated carbocycles. The Morgan fingerprint density at radius 3 is 2.81 bits per heavy atom. The summed E-state index contributed by atoms with van der Waals surface area (Å²) in [4.78, 5) is 25.2. The van der Waals surface area contributed by atoms with Crippen LogP contribution in [0.1, 0.15) is 15.4 Å². The maximum absolute atomic E-state index is 13.0. The summed E-state index contributed by atoms with van der Waals surface area (Å²) in [6.07, 6.45) is 3.36. The Morgan fingerprint density at radius 1 is 1.37 bits per heavy atom. The van der Waals surface area contributed by atoms with Gasteiger partial charge in [0.2, 0.25) is 0 Å². The fourth-order valence-electron chi connectivity index (χ4n) is 4.80. The van der Waals surface area contributed by atoms with Crippen molar-refractivity contribution in [2.45, 2.75) is 6.54 Å². The van der Waals surface area contributed by atoms with E-state index in [-0.39, 0.29) is 11.3 Å². The van der Waals surface area contributed by atoms with E-state index < -0.39 is 0 Å². The van der Waals surface area contributed by atoms with Gasteiger partial charge >= 0.3 is 0 Å². The highest BCUT2D eigenvalue weighted by molar-refractivity contribution is 7.16. The van der Waals surface area contributed by atoms with Crippen LogP contribution in [0.3, 0.4) is 0 Å². The highest BCUT2D eigenvalue weighted by Crippen LogP contribution is 2.44. The van der Waals surface area contributed by atoms with E-state index in [0.717, 1.165) is 43.6 Å². The van der Waals surface area contributed by atoms with Gasteiger partial charge in [-0.2, -0.15) is 0 Å². The minimum atomic E-state index is 0.0964. The van der Waals surface area contributed by atoms with Crippen LogP contribution in [-0.2, 0) is 13.6 Å². The smallest absolute Gasteiger partial charge is 0.272 e. The van der Waals surface area contributed by atoms with Crippen LogP contribution >= 0.6 is 22.9 Å². The summed E-state index contributed by atoms with van der Waals surface area (Å²) in [5, 5.41) is 0. The van der Waals surface area contributed by atoms with Crippen LogP contribution in [-0.4, -0.2) is 77.0 Å². The second kappa shape index (κ2) is 7.20. The van der Waals surface area contributed by atoms with Gasteiger partial charge in [-0.15, -0.1) is 11.3 Å². The van der Waals surface area contributed by atoms with Gasteiger partial charge in [-0.1, -0.05) is 11.6 Å². The molecule has 0 radical (unpaired) electrons. The van der Waals surface area contributed by atoms with E-state index in [1.165, 1.54) is 4.88 Å². The van der Waals surface area contributed by atoms with Crippen LogP contribution in [0.2, 0.25) is 4.34 Å². The van der Waals surface area contributed by atoms with E-state index in [0.29, 0.717) is 11.6 Å². The Morgan fingerprint density at radius 2 is 2.19 bits per heavy atom. The van der Waals surface area contributed by atoms with E-state index >= 15 is 0 Å². The van der Waals surface area contributed by atoms with Gasteiger partial charge < -0.3 is 14.4 Å². The lowest BCUT2D eigenvalue weighted by atomic mass is 9.80. The van der Waals surface area contributed by atoms with Gasteiger partial charge in [0, 0.05) is 56.6 Å². The average Bonchev–Trinajstić information content (AvgIpc) is 3.31. The zero-order valence-corrected chi connectivity index (χ0v) is 17.6. The predicted octanol–water partition coefficient (Wildman–Crippen LogP) is 2.27. The van der Waals surface area contributed by atoms with Crippen molar-refractivity contribution in [1.29, 1.82) is 0 Å². The summed E-state index contributed by atoms with van der Waals surface area (Å²) < 4.78 is 2.65. The zero-order chi connectivity index (χ0) is 19.2. The molecule has 4 rings (SSSR count). The van der Waals surface area contributed by atoms with Gasteiger partial charge in [0.25, 0.3) is 5.91 Å².